The highest BCUT2D eigenvalue weighted by atomic mass is 35.5. The summed E-state index contributed by atoms with van der Waals surface area (Å²) in [5.74, 6) is 0.0331. The average Bonchev–Trinajstić information content (AvgIpc) is 2.41. The number of benzene rings is 2. The van der Waals surface area contributed by atoms with E-state index in [1.807, 2.05) is 31.3 Å². The van der Waals surface area contributed by atoms with E-state index < -0.39 is 0 Å². The topological polar surface area (TPSA) is 53.1 Å². The Labute approximate surface area is 124 Å². The number of nitrogens with one attached hydrogen (secondary N) is 1. The van der Waals surface area contributed by atoms with E-state index >= 15 is 0 Å². The molecule has 104 valence electrons. The maximum absolute atomic E-state index is 7.42. The van der Waals surface area contributed by atoms with Crippen LogP contribution >= 0.6 is 11.6 Å². The largest absolute Gasteiger partial charge is 0.384 e. The Morgan fingerprint density at radius 2 is 1.95 bits per heavy atom. The van der Waals surface area contributed by atoms with Gasteiger partial charge >= 0.3 is 0 Å². The average molecular weight is 288 g/mol. The zero-order valence-corrected chi connectivity index (χ0v) is 12.4. The highest BCUT2D eigenvalue weighted by molar-refractivity contribution is 6.31. The van der Waals surface area contributed by atoms with Crippen molar-refractivity contribution in [3.05, 3.63) is 64.2 Å². The lowest BCUT2D eigenvalue weighted by Gasteiger charge is -2.22. The lowest BCUT2D eigenvalue weighted by Crippen LogP contribution is -2.18. The summed E-state index contributed by atoms with van der Waals surface area (Å²) in [6.07, 6.45) is 0. The van der Waals surface area contributed by atoms with Crippen LogP contribution < -0.4 is 10.6 Å². The van der Waals surface area contributed by atoms with Gasteiger partial charge in [0.2, 0.25) is 0 Å². The number of nitrogens with zero attached hydrogens (tertiary/aromatic N) is 1. The minimum Gasteiger partial charge on any atom is -0.384 e. The standard InChI is InChI=1S/C16H18ClN3/c1-11-5-3-4-6-15(11)20(2)10-13-8-7-12(16(18)19)9-14(13)17/h3-9H,10H2,1-2H3,(H3,18,19). The minimum atomic E-state index is 0.0331. The predicted octanol–water partition coefficient (Wildman–Crippen LogP) is 3.57. The molecule has 0 saturated carbocycles. The van der Waals surface area contributed by atoms with Crippen molar-refractivity contribution in [2.45, 2.75) is 13.5 Å². The summed E-state index contributed by atoms with van der Waals surface area (Å²) in [7, 11) is 2.04. The van der Waals surface area contributed by atoms with Crippen LogP contribution in [0.4, 0.5) is 5.69 Å². The van der Waals surface area contributed by atoms with Crippen LogP contribution in [0.3, 0.4) is 0 Å². The quantitative estimate of drug-likeness (QED) is 0.667. The van der Waals surface area contributed by atoms with Gasteiger partial charge in [0, 0.05) is 29.9 Å². The second kappa shape index (κ2) is 5.97. The third-order valence-corrected chi connectivity index (χ3v) is 3.65. The Kier molecular flexibility index (Phi) is 4.30. The summed E-state index contributed by atoms with van der Waals surface area (Å²) in [4.78, 5) is 2.16. The molecule has 0 aliphatic heterocycles. The highest BCUT2D eigenvalue weighted by Crippen LogP contribution is 2.24. The summed E-state index contributed by atoms with van der Waals surface area (Å²) in [6.45, 7) is 2.80. The molecule has 0 aliphatic rings. The van der Waals surface area contributed by atoms with Gasteiger partial charge in [0.15, 0.2) is 0 Å². The Morgan fingerprint density at radius 3 is 2.55 bits per heavy atom. The number of para-hydroxylation sites is 1. The molecular formula is C16H18ClN3. The minimum absolute atomic E-state index is 0.0331. The molecule has 0 bridgehead atoms. The van der Waals surface area contributed by atoms with Crippen molar-refractivity contribution < 1.29 is 0 Å². The SMILES string of the molecule is Cc1ccccc1N(C)Cc1ccc(C(=N)N)cc1Cl. The van der Waals surface area contributed by atoms with Crippen molar-refractivity contribution >= 4 is 23.1 Å². The smallest absolute Gasteiger partial charge is 0.122 e. The van der Waals surface area contributed by atoms with Gasteiger partial charge in [0.05, 0.1) is 0 Å². The molecule has 0 radical (unpaired) electrons. The van der Waals surface area contributed by atoms with Gasteiger partial charge in [-0.05, 0) is 30.2 Å². The number of anilines is 1. The van der Waals surface area contributed by atoms with Gasteiger partial charge in [0.25, 0.3) is 0 Å². The molecule has 0 heterocycles. The zero-order chi connectivity index (χ0) is 14.7. The lowest BCUT2D eigenvalue weighted by atomic mass is 10.1. The first-order valence-electron chi connectivity index (χ1n) is 6.38. The van der Waals surface area contributed by atoms with E-state index in [0.29, 0.717) is 17.1 Å². The Balaban J connectivity index is 2.22. The van der Waals surface area contributed by atoms with Gasteiger partial charge in [-0.25, -0.2) is 0 Å². The molecule has 2 rings (SSSR count). The van der Waals surface area contributed by atoms with Crippen LogP contribution in [-0.2, 0) is 6.54 Å². The van der Waals surface area contributed by atoms with E-state index in [9.17, 15) is 0 Å². The Morgan fingerprint density at radius 1 is 1.25 bits per heavy atom. The van der Waals surface area contributed by atoms with Crippen LogP contribution in [-0.4, -0.2) is 12.9 Å². The van der Waals surface area contributed by atoms with Crippen LogP contribution in [0.5, 0.6) is 0 Å². The third kappa shape index (κ3) is 3.11. The van der Waals surface area contributed by atoms with Crippen molar-refractivity contribution in [1.29, 1.82) is 5.41 Å². The van der Waals surface area contributed by atoms with Gasteiger partial charge in [-0.15, -0.1) is 0 Å². The van der Waals surface area contributed by atoms with E-state index in [2.05, 4.69) is 24.0 Å². The third-order valence-electron chi connectivity index (χ3n) is 3.30. The van der Waals surface area contributed by atoms with Gasteiger partial charge in [-0.1, -0.05) is 41.9 Å². The molecule has 0 aromatic heterocycles. The van der Waals surface area contributed by atoms with E-state index in [-0.39, 0.29) is 5.84 Å². The summed E-state index contributed by atoms with van der Waals surface area (Å²) < 4.78 is 0. The first-order valence-corrected chi connectivity index (χ1v) is 6.76. The molecule has 2 aromatic rings. The number of hydrogen-bond donors (Lipinski definition) is 2. The molecule has 0 spiro atoms. The first-order chi connectivity index (χ1) is 9.49. The van der Waals surface area contributed by atoms with Crippen molar-refractivity contribution in [2.75, 3.05) is 11.9 Å². The molecule has 4 heteroatoms. The summed E-state index contributed by atoms with van der Waals surface area (Å²) in [6, 6.07) is 13.7. The number of nitrogen functional groups attached to an aromatic ring is 1. The van der Waals surface area contributed by atoms with Crippen LogP contribution in [0, 0.1) is 12.3 Å². The fourth-order valence-electron chi connectivity index (χ4n) is 2.18. The number of amidine groups is 1. The van der Waals surface area contributed by atoms with Crippen LogP contribution in [0.1, 0.15) is 16.7 Å². The Bertz CT molecular complexity index is 637. The molecule has 0 fully saturated rings. The molecule has 20 heavy (non-hydrogen) atoms. The Hall–Kier alpha value is -2.00. The predicted molar refractivity (Wildman–Crippen MR) is 85.8 cm³/mol. The molecule has 0 atom stereocenters. The van der Waals surface area contributed by atoms with E-state index in [1.165, 1.54) is 11.3 Å². The fraction of sp³-hybridized carbons (Fsp3) is 0.188. The van der Waals surface area contributed by atoms with Gasteiger partial charge in [-0.2, -0.15) is 0 Å². The lowest BCUT2D eigenvalue weighted by molar-refractivity contribution is 0.917. The van der Waals surface area contributed by atoms with Crippen LogP contribution in [0.15, 0.2) is 42.5 Å². The van der Waals surface area contributed by atoms with Crippen molar-refractivity contribution in [1.82, 2.24) is 0 Å². The molecule has 0 saturated heterocycles. The van der Waals surface area contributed by atoms with Crippen LogP contribution in [0.2, 0.25) is 5.02 Å². The number of halogens is 1. The monoisotopic (exact) mass is 287 g/mol. The normalized spacial score (nSPS) is 10.3. The van der Waals surface area contributed by atoms with E-state index in [1.54, 1.807) is 6.07 Å². The fourth-order valence-corrected chi connectivity index (χ4v) is 2.42. The molecule has 0 aliphatic carbocycles. The van der Waals surface area contributed by atoms with Crippen molar-refractivity contribution in [3.63, 3.8) is 0 Å². The summed E-state index contributed by atoms with van der Waals surface area (Å²) >= 11 is 6.27. The number of hydrogen-bond acceptors (Lipinski definition) is 2. The number of rotatable bonds is 4. The number of nitrogens with two attached hydrogens (primary N) is 1. The molecule has 2 aromatic carbocycles. The maximum atomic E-state index is 7.42. The molecule has 0 amide bonds. The van der Waals surface area contributed by atoms with Gasteiger partial charge < -0.3 is 10.6 Å². The molecule has 3 nitrogen and oxygen atoms in total. The van der Waals surface area contributed by atoms with Gasteiger partial charge in [-0.3, -0.25) is 5.41 Å². The second-order valence-electron chi connectivity index (χ2n) is 4.86. The molecular weight excluding hydrogens is 270 g/mol. The molecule has 3 N–H and O–H groups in total. The van der Waals surface area contributed by atoms with Crippen molar-refractivity contribution in [3.8, 4) is 0 Å². The summed E-state index contributed by atoms with van der Waals surface area (Å²) in [5.41, 5.74) is 9.53. The summed E-state index contributed by atoms with van der Waals surface area (Å²) in [5, 5.41) is 8.05. The molecule has 0 unspecified atom stereocenters. The van der Waals surface area contributed by atoms with Crippen molar-refractivity contribution in [2.24, 2.45) is 5.73 Å². The zero-order valence-electron chi connectivity index (χ0n) is 11.7. The highest BCUT2D eigenvalue weighted by Gasteiger charge is 2.08. The van der Waals surface area contributed by atoms with E-state index in [0.717, 1.165) is 5.56 Å². The van der Waals surface area contributed by atoms with Gasteiger partial charge in [0.1, 0.15) is 5.84 Å². The maximum Gasteiger partial charge on any atom is 0.122 e. The van der Waals surface area contributed by atoms with Crippen LogP contribution in [0.25, 0.3) is 0 Å². The first kappa shape index (κ1) is 14.4. The van der Waals surface area contributed by atoms with E-state index in [4.69, 9.17) is 22.7 Å². The second-order valence-corrected chi connectivity index (χ2v) is 5.27. The number of aryl methyl sites for hydroxylation is 1.